The van der Waals surface area contributed by atoms with Crippen molar-refractivity contribution in [3.8, 4) is 0 Å². The van der Waals surface area contributed by atoms with Crippen molar-refractivity contribution in [1.82, 2.24) is 9.97 Å². The second-order valence-electron chi connectivity index (χ2n) is 5.20. The predicted octanol–water partition coefficient (Wildman–Crippen LogP) is 3.18. The summed E-state index contributed by atoms with van der Waals surface area (Å²) in [6.07, 6.45) is 6.19. The van der Waals surface area contributed by atoms with E-state index >= 15 is 0 Å². The number of fused-ring (bicyclic) bond motifs is 2. The van der Waals surface area contributed by atoms with E-state index in [-0.39, 0.29) is 0 Å². The lowest BCUT2D eigenvalue weighted by molar-refractivity contribution is 0.549. The summed E-state index contributed by atoms with van der Waals surface area (Å²) < 4.78 is 0.925. The number of piperidine rings is 1. The maximum absolute atomic E-state index is 4.71. The molecule has 0 aromatic carbocycles. The summed E-state index contributed by atoms with van der Waals surface area (Å²) >= 11 is 3.51. The number of aromatic nitrogens is 2. The van der Waals surface area contributed by atoms with Crippen LogP contribution in [0.1, 0.15) is 38.4 Å². The van der Waals surface area contributed by atoms with Crippen molar-refractivity contribution in [2.75, 3.05) is 11.4 Å². The van der Waals surface area contributed by atoms with E-state index < -0.39 is 0 Å². The fourth-order valence-corrected chi connectivity index (χ4v) is 3.55. The lowest BCUT2D eigenvalue weighted by Crippen LogP contribution is -2.32. The summed E-state index contributed by atoms with van der Waals surface area (Å²) in [7, 11) is 0. The lowest BCUT2D eigenvalue weighted by atomic mass is 10.1. The zero-order valence-electron chi connectivity index (χ0n) is 10.2. The molecule has 2 unspecified atom stereocenters. The van der Waals surface area contributed by atoms with Crippen molar-refractivity contribution in [1.29, 1.82) is 0 Å². The van der Waals surface area contributed by atoms with Gasteiger partial charge in [-0.2, -0.15) is 0 Å². The van der Waals surface area contributed by atoms with Crippen LogP contribution in [0.5, 0.6) is 0 Å². The number of anilines is 1. The fourth-order valence-electron chi connectivity index (χ4n) is 3.14. The third kappa shape index (κ3) is 2.19. The van der Waals surface area contributed by atoms with E-state index in [9.17, 15) is 0 Å². The molecular weight excluding hydrogens is 278 g/mol. The van der Waals surface area contributed by atoms with E-state index in [4.69, 9.17) is 4.98 Å². The minimum absolute atomic E-state index is 0.733. The minimum Gasteiger partial charge on any atom is -0.353 e. The van der Waals surface area contributed by atoms with E-state index in [0.29, 0.717) is 0 Å². The molecule has 2 heterocycles. The molecule has 4 heteroatoms. The Morgan fingerprint density at radius 2 is 2.29 bits per heavy atom. The largest absolute Gasteiger partial charge is 0.353 e. The molecule has 2 fully saturated rings. The molecule has 1 saturated heterocycles. The Kier molecular flexibility index (Phi) is 3.07. The Morgan fingerprint density at radius 1 is 1.41 bits per heavy atom. The van der Waals surface area contributed by atoms with Gasteiger partial charge in [-0.1, -0.05) is 6.92 Å². The van der Waals surface area contributed by atoms with Crippen LogP contribution in [-0.2, 0) is 6.42 Å². The summed E-state index contributed by atoms with van der Waals surface area (Å²) in [5.41, 5.74) is 0. The third-order valence-electron chi connectivity index (χ3n) is 3.90. The zero-order chi connectivity index (χ0) is 11.8. The highest BCUT2D eigenvalue weighted by Gasteiger charge is 2.38. The highest BCUT2D eigenvalue weighted by molar-refractivity contribution is 9.10. The lowest BCUT2D eigenvalue weighted by Gasteiger charge is -2.28. The summed E-state index contributed by atoms with van der Waals surface area (Å²) in [5, 5.41) is 0. The maximum Gasteiger partial charge on any atom is 0.133 e. The first-order valence-corrected chi connectivity index (χ1v) is 7.35. The van der Waals surface area contributed by atoms with Gasteiger partial charge in [0, 0.05) is 25.1 Å². The highest BCUT2D eigenvalue weighted by Crippen LogP contribution is 2.39. The van der Waals surface area contributed by atoms with Gasteiger partial charge in [-0.15, -0.1) is 0 Å². The Labute approximate surface area is 111 Å². The average molecular weight is 296 g/mol. The number of hydrogen-bond donors (Lipinski definition) is 0. The zero-order valence-corrected chi connectivity index (χ0v) is 11.8. The maximum atomic E-state index is 4.71. The van der Waals surface area contributed by atoms with Crippen LogP contribution in [0.15, 0.2) is 10.7 Å². The topological polar surface area (TPSA) is 29.0 Å². The van der Waals surface area contributed by atoms with Gasteiger partial charge in [0.15, 0.2) is 0 Å². The van der Waals surface area contributed by atoms with Crippen LogP contribution in [0.3, 0.4) is 0 Å². The molecule has 1 aromatic heterocycles. The number of rotatable bonds is 3. The molecule has 0 spiro atoms. The van der Waals surface area contributed by atoms with Crippen molar-refractivity contribution in [2.45, 2.75) is 45.1 Å². The summed E-state index contributed by atoms with van der Waals surface area (Å²) in [6.45, 7) is 3.36. The van der Waals surface area contributed by atoms with Crippen molar-refractivity contribution in [2.24, 2.45) is 5.92 Å². The fraction of sp³-hybridized carbons (Fsp3) is 0.692. The molecule has 2 bridgehead atoms. The van der Waals surface area contributed by atoms with Crippen LogP contribution in [0.2, 0.25) is 0 Å². The molecule has 2 aliphatic rings. The molecule has 1 saturated carbocycles. The van der Waals surface area contributed by atoms with E-state index in [1.54, 1.807) is 0 Å². The van der Waals surface area contributed by atoms with E-state index in [1.165, 1.54) is 25.8 Å². The van der Waals surface area contributed by atoms with Gasteiger partial charge in [-0.05, 0) is 47.5 Å². The Hall–Kier alpha value is -0.640. The molecule has 1 aliphatic carbocycles. The van der Waals surface area contributed by atoms with Gasteiger partial charge < -0.3 is 4.90 Å². The molecule has 1 aliphatic heterocycles. The molecule has 0 radical (unpaired) electrons. The van der Waals surface area contributed by atoms with Crippen molar-refractivity contribution < 1.29 is 0 Å². The van der Waals surface area contributed by atoms with Gasteiger partial charge in [0.2, 0.25) is 0 Å². The second-order valence-corrected chi connectivity index (χ2v) is 6.01. The van der Waals surface area contributed by atoms with Gasteiger partial charge in [-0.3, -0.25) is 0 Å². The monoisotopic (exact) mass is 295 g/mol. The SMILES string of the molecule is CCCc1nc(Br)cc(N2CC3CCC2C3)n1. The number of hydrogen-bond acceptors (Lipinski definition) is 3. The van der Waals surface area contributed by atoms with Gasteiger partial charge >= 0.3 is 0 Å². The number of aryl methyl sites for hydroxylation is 1. The molecule has 0 N–H and O–H groups in total. The molecule has 3 nitrogen and oxygen atoms in total. The number of nitrogens with zero attached hydrogens (tertiary/aromatic N) is 3. The summed E-state index contributed by atoms with van der Waals surface area (Å²) in [5.74, 6) is 3.01. The molecule has 0 amide bonds. The quantitative estimate of drug-likeness (QED) is 0.802. The minimum atomic E-state index is 0.733. The first-order valence-electron chi connectivity index (χ1n) is 6.56. The van der Waals surface area contributed by atoms with Crippen LogP contribution >= 0.6 is 15.9 Å². The van der Waals surface area contributed by atoms with Crippen LogP contribution in [0.4, 0.5) is 5.82 Å². The first-order chi connectivity index (χ1) is 8.26. The van der Waals surface area contributed by atoms with Crippen LogP contribution < -0.4 is 4.90 Å². The summed E-state index contributed by atoms with van der Waals surface area (Å²) in [6, 6.07) is 2.80. The average Bonchev–Trinajstić information content (AvgIpc) is 2.90. The molecule has 17 heavy (non-hydrogen) atoms. The van der Waals surface area contributed by atoms with Crippen LogP contribution in [0, 0.1) is 5.92 Å². The first kappa shape index (κ1) is 11.5. The predicted molar refractivity (Wildman–Crippen MR) is 72.2 cm³/mol. The molecule has 92 valence electrons. The van der Waals surface area contributed by atoms with E-state index in [0.717, 1.165) is 41.0 Å². The summed E-state index contributed by atoms with van der Waals surface area (Å²) in [4.78, 5) is 11.6. The highest BCUT2D eigenvalue weighted by atomic mass is 79.9. The Balaban J connectivity index is 1.87. The molecular formula is C13H18BrN3. The smallest absolute Gasteiger partial charge is 0.133 e. The normalized spacial score (nSPS) is 26.8. The number of halogens is 1. The van der Waals surface area contributed by atoms with Crippen molar-refractivity contribution >= 4 is 21.7 Å². The van der Waals surface area contributed by atoms with Gasteiger partial charge in [0.25, 0.3) is 0 Å². The molecule has 1 aromatic rings. The van der Waals surface area contributed by atoms with Gasteiger partial charge in [0.1, 0.15) is 16.2 Å². The van der Waals surface area contributed by atoms with E-state index in [1.807, 2.05) is 0 Å². The third-order valence-corrected chi connectivity index (χ3v) is 4.31. The Bertz CT molecular complexity index is 421. The van der Waals surface area contributed by atoms with Gasteiger partial charge in [0.05, 0.1) is 0 Å². The van der Waals surface area contributed by atoms with Crippen molar-refractivity contribution in [3.05, 3.63) is 16.5 Å². The molecule has 3 rings (SSSR count). The van der Waals surface area contributed by atoms with Crippen LogP contribution in [0.25, 0.3) is 0 Å². The Morgan fingerprint density at radius 3 is 2.94 bits per heavy atom. The van der Waals surface area contributed by atoms with Gasteiger partial charge in [-0.25, -0.2) is 9.97 Å². The van der Waals surface area contributed by atoms with Crippen molar-refractivity contribution in [3.63, 3.8) is 0 Å². The standard InChI is InChI=1S/C13H18BrN3/c1-2-3-12-15-11(14)7-13(16-12)17-8-9-4-5-10(17)6-9/h7,9-10H,2-6,8H2,1H3. The van der Waals surface area contributed by atoms with Crippen LogP contribution in [-0.4, -0.2) is 22.6 Å². The second kappa shape index (κ2) is 4.56. The van der Waals surface area contributed by atoms with E-state index in [2.05, 4.69) is 38.8 Å². The molecule has 2 atom stereocenters.